The second-order valence-corrected chi connectivity index (χ2v) is 12.5. The Balaban J connectivity index is 1.12. The van der Waals surface area contributed by atoms with E-state index in [-0.39, 0.29) is 12.0 Å². The maximum Gasteiger partial charge on any atom is 0.199 e. The molecule has 0 spiro atoms. The minimum atomic E-state index is -0.0910. The van der Waals surface area contributed by atoms with Gasteiger partial charge in [0.15, 0.2) is 12.6 Å². The van der Waals surface area contributed by atoms with Crippen molar-refractivity contribution in [3.8, 4) is 17.2 Å². The second kappa shape index (κ2) is 10.6. The highest BCUT2D eigenvalue weighted by molar-refractivity contribution is 5.79. The Hall–Kier alpha value is -2.53. The molecule has 0 bridgehead atoms. The molecular weight excluding hydrogens is 476 g/mol. The molecule has 2 aromatic rings. The number of aromatic hydroxyl groups is 1. The van der Waals surface area contributed by atoms with Crippen LogP contribution in [-0.4, -0.2) is 30.9 Å². The zero-order valence-electron chi connectivity index (χ0n) is 22.9. The van der Waals surface area contributed by atoms with Crippen LogP contribution in [0.4, 0.5) is 0 Å². The predicted molar refractivity (Wildman–Crippen MR) is 147 cm³/mol. The molecule has 0 amide bonds. The van der Waals surface area contributed by atoms with Crippen LogP contribution in [0.5, 0.6) is 17.2 Å². The van der Waals surface area contributed by atoms with Crippen molar-refractivity contribution < 1.29 is 24.1 Å². The Kier molecular flexibility index (Phi) is 7.15. The number of carbonyl (C=O) groups is 1. The summed E-state index contributed by atoms with van der Waals surface area (Å²) >= 11 is 0. The first-order chi connectivity index (χ1) is 18.5. The lowest BCUT2D eigenvalue weighted by Gasteiger charge is -2.53. The fourth-order valence-corrected chi connectivity index (χ4v) is 8.60. The van der Waals surface area contributed by atoms with Crippen LogP contribution in [0.25, 0.3) is 0 Å². The van der Waals surface area contributed by atoms with Crippen molar-refractivity contribution >= 4 is 6.29 Å². The van der Waals surface area contributed by atoms with Gasteiger partial charge in [-0.25, -0.2) is 0 Å². The Morgan fingerprint density at radius 2 is 1.95 bits per heavy atom. The maximum atomic E-state index is 11.0. The molecule has 6 rings (SSSR count). The van der Waals surface area contributed by atoms with Crippen LogP contribution in [0.15, 0.2) is 36.4 Å². The van der Waals surface area contributed by atoms with Crippen molar-refractivity contribution in [2.45, 2.75) is 83.8 Å². The fraction of sp³-hybridized carbons (Fsp3) is 0.606. The highest BCUT2D eigenvalue weighted by atomic mass is 16.7. The molecule has 1 aliphatic heterocycles. The van der Waals surface area contributed by atoms with E-state index in [0.717, 1.165) is 49.9 Å². The minimum absolute atomic E-state index is 0.0173. The van der Waals surface area contributed by atoms with Gasteiger partial charge in [0.25, 0.3) is 0 Å². The van der Waals surface area contributed by atoms with Gasteiger partial charge in [0.1, 0.15) is 17.2 Å². The number of hydrogen-bond acceptors (Lipinski definition) is 5. The van der Waals surface area contributed by atoms with Crippen molar-refractivity contribution in [2.75, 3.05) is 13.2 Å². The quantitative estimate of drug-likeness (QED) is 0.390. The molecule has 4 aliphatic rings. The zero-order valence-corrected chi connectivity index (χ0v) is 22.9. The highest BCUT2D eigenvalue weighted by Gasteiger charge is 2.55. The summed E-state index contributed by atoms with van der Waals surface area (Å²) in [4.78, 5) is 11.0. The van der Waals surface area contributed by atoms with Crippen molar-refractivity contribution in [1.29, 1.82) is 0 Å². The fourth-order valence-electron chi connectivity index (χ4n) is 8.60. The third kappa shape index (κ3) is 4.72. The van der Waals surface area contributed by atoms with Crippen molar-refractivity contribution in [1.82, 2.24) is 0 Å². The monoisotopic (exact) mass is 518 g/mol. The van der Waals surface area contributed by atoms with Crippen LogP contribution in [0, 0.1) is 29.1 Å². The molecular formula is C33H42O5. The summed E-state index contributed by atoms with van der Waals surface area (Å²) in [7, 11) is 0. The van der Waals surface area contributed by atoms with Gasteiger partial charge < -0.3 is 19.3 Å². The largest absolute Gasteiger partial charge is 0.507 e. The normalized spacial score (nSPS) is 34.1. The highest BCUT2D eigenvalue weighted by Crippen LogP contribution is 2.64. The van der Waals surface area contributed by atoms with E-state index in [1.807, 2.05) is 0 Å². The van der Waals surface area contributed by atoms with E-state index in [1.54, 1.807) is 23.8 Å². The van der Waals surface area contributed by atoms with Gasteiger partial charge in [-0.1, -0.05) is 19.9 Å². The third-order valence-electron chi connectivity index (χ3n) is 10.5. The molecule has 3 aliphatic carbocycles. The molecule has 204 valence electrons. The molecule has 2 saturated carbocycles. The molecule has 3 fully saturated rings. The molecule has 6 unspecified atom stereocenters. The number of rotatable bonds is 7. The van der Waals surface area contributed by atoms with Crippen LogP contribution in [-0.2, 0) is 11.2 Å². The first-order valence-electron chi connectivity index (χ1n) is 14.8. The van der Waals surface area contributed by atoms with Gasteiger partial charge in [0, 0.05) is 12.5 Å². The van der Waals surface area contributed by atoms with Crippen molar-refractivity contribution in [3.05, 3.63) is 53.1 Å². The zero-order chi connectivity index (χ0) is 26.3. The summed E-state index contributed by atoms with van der Waals surface area (Å²) in [6.07, 6.45) is 11.2. The first kappa shape index (κ1) is 25.7. The Labute approximate surface area is 226 Å². The molecule has 5 heteroatoms. The maximum absolute atomic E-state index is 11.0. The van der Waals surface area contributed by atoms with Crippen molar-refractivity contribution in [3.63, 3.8) is 0 Å². The Morgan fingerprint density at radius 3 is 2.74 bits per heavy atom. The van der Waals surface area contributed by atoms with Gasteiger partial charge in [0.2, 0.25) is 0 Å². The van der Waals surface area contributed by atoms with Gasteiger partial charge in [-0.2, -0.15) is 0 Å². The standard InChI is InChI=1S/C33H42O5/c1-21-17-23-18-26(38-31-5-3-4-15-37-31)9-10-27(23)28-12-14-33(2)24(7-11-29(33)32(21)28)13-16-36-25-8-6-22(20-34)30(35)19-25/h6,8-10,18-21,24,28-29,31-32,35H,3-5,7,11-17H2,1-2H3/t21?,24-,28?,29?,31?,32?,33?/m1/s1. The van der Waals surface area contributed by atoms with Crippen LogP contribution >= 0.6 is 0 Å². The molecule has 7 atom stereocenters. The SMILES string of the molecule is CC1Cc2cc(OC3CCCCO3)ccc2C2CCC3(C)C(CC[C@@H]3CCOc3ccc(C=O)c(O)c3)C12. The number of ether oxygens (including phenoxy) is 3. The van der Waals surface area contributed by atoms with Gasteiger partial charge >= 0.3 is 0 Å². The summed E-state index contributed by atoms with van der Waals surface area (Å²) in [5.74, 6) is 5.08. The number of carbonyl (C=O) groups excluding carboxylic acids is 1. The van der Waals surface area contributed by atoms with E-state index >= 15 is 0 Å². The molecule has 1 saturated heterocycles. The van der Waals surface area contributed by atoms with Crippen LogP contribution in [0.3, 0.4) is 0 Å². The molecule has 2 aromatic carbocycles. The number of aldehydes is 1. The summed E-state index contributed by atoms with van der Waals surface area (Å²) in [5, 5.41) is 9.97. The minimum Gasteiger partial charge on any atom is -0.507 e. The van der Waals surface area contributed by atoms with Gasteiger partial charge in [-0.3, -0.25) is 4.79 Å². The first-order valence-corrected chi connectivity index (χ1v) is 14.8. The van der Waals surface area contributed by atoms with Crippen LogP contribution in [0.2, 0.25) is 0 Å². The van der Waals surface area contributed by atoms with Gasteiger partial charge in [-0.05, 0) is 122 Å². The second-order valence-electron chi connectivity index (χ2n) is 12.5. The molecule has 38 heavy (non-hydrogen) atoms. The van der Waals surface area contributed by atoms with Gasteiger partial charge in [0.05, 0.1) is 18.8 Å². The molecule has 0 radical (unpaired) electrons. The summed E-state index contributed by atoms with van der Waals surface area (Å²) in [6, 6.07) is 11.8. The van der Waals surface area contributed by atoms with E-state index < -0.39 is 0 Å². The predicted octanol–water partition coefficient (Wildman–Crippen LogP) is 7.30. The smallest absolute Gasteiger partial charge is 0.199 e. The Bertz CT molecular complexity index is 1150. The third-order valence-corrected chi connectivity index (χ3v) is 10.5. The molecule has 5 nitrogen and oxygen atoms in total. The number of benzene rings is 2. The molecule has 1 heterocycles. The Morgan fingerprint density at radius 1 is 1.08 bits per heavy atom. The lowest BCUT2D eigenvalue weighted by molar-refractivity contribution is -0.105. The van der Waals surface area contributed by atoms with E-state index in [2.05, 4.69) is 32.0 Å². The van der Waals surface area contributed by atoms with Crippen LogP contribution < -0.4 is 9.47 Å². The van der Waals surface area contributed by atoms with Crippen LogP contribution in [0.1, 0.15) is 92.6 Å². The molecule has 1 N–H and O–H groups in total. The average Bonchev–Trinajstić information content (AvgIpc) is 3.25. The lowest BCUT2D eigenvalue weighted by atomic mass is 9.51. The summed E-state index contributed by atoms with van der Waals surface area (Å²) < 4.78 is 18.0. The van der Waals surface area contributed by atoms with E-state index in [4.69, 9.17) is 14.2 Å². The van der Waals surface area contributed by atoms with Gasteiger partial charge in [-0.15, -0.1) is 0 Å². The number of fused-ring (bicyclic) bond motifs is 5. The number of phenolic OH excluding ortho intramolecular Hbond substituents is 1. The lowest BCUT2D eigenvalue weighted by Crippen LogP contribution is -2.45. The molecule has 0 aromatic heterocycles. The van der Waals surface area contributed by atoms with E-state index in [1.165, 1.54) is 37.7 Å². The van der Waals surface area contributed by atoms with E-state index in [9.17, 15) is 9.90 Å². The van der Waals surface area contributed by atoms with E-state index in [0.29, 0.717) is 47.4 Å². The average molecular weight is 519 g/mol. The number of hydrogen-bond donors (Lipinski definition) is 1. The van der Waals surface area contributed by atoms with Crippen molar-refractivity contribution in [2.24, 2.45) is 29.1 Å². The summed E-state index contributed by atoms with van der Waals surface area (Å²) in [5.41, 5.74) is 3.71. The number of phenols is 1. The summed E-state index contributed by atoms with van der Waals surface area (Å²) in [6.45, 7) is 6.49. The topological polar surface area (TPSA) is 65.0 Å².